The number of rotatable bonds is 9. The van der Waals surface area contributed by atoms with Crippen molar-refractivity contribution in [1.82, 2.24) is 0 Å². The normalized spacial score (nSPS) is 11.0. The lowest BCUT2D eigenvalue weighted by Crippen LogP contribution is -2.47. The molecule has 0 saturated heterocycles. The van der Waals surface area contributed by atoms with Gasteiger partial charge in [0.1, 0.15) is 0 Å². The number of carbonyl (C=O) groups is 1. The highest BCUT2D eigenvalue weighted by Crippen LogP contribution is 1.91. The number of esters is 1. The molecule has 8 heteroatoms. The lowest BCUT2D eigenvalue weighted by atomic mass is 10.5. The average molecular weight is 310 g/mol. The van der Waals surface area contributed by atoms with Gasteiger partial charge in [0, 0.05) is 26.9 Å². The average Bonchev–Trinajstić information content (AvgIpc) is 2.43. The summed E-state index contributed by atoms with van der Waals surface area (Å²) in [5, 5.41) is 5.41. The van der Waals surface area contributed by atoms with Crippen molar-refractivity contribution in [1.29, 1.82) is 0 Å². The first kappa shape index (κ1) is 20.8. The summed E-state index contributed by atoms with van der Waals surface area (Å²) in [5.41, 5.74) is 0. The fraction of sp³-hybridized carbons (Fsp3) is 0.727. The number of nitrogens with two attached hydrogens (primary N) is 1. The van der Waals surface area contributed by atoms with E-state index in [-0.39, 0.29) is 15.7 Å². The first-order chi connectivity index (χ1) is 8.93. The highest BCUT2D eigenvalue weighted by Gasteiger charge is 2.21. The van der Waals surface area contributed by atoms with Gasteiger partial charge in [0.15, 0.2) is 9.76 Å². The Morgan fingerprint density at radius 2 is 2.00 bits per heavy atom. The van der Waals surface area contributed by atoms with E-state index in [2.05, 4.69) is 6.58 Å². The zero-order valence-corrected chi connectivity index (χ0v) is 14.9. The molecular formula is C11H27NO5Si2. The van der Waals surface area contributed by atoms with Gasteiger partial charge in [-0.05, 0) is 25.9 Å². The molecule has 0 saturated carbocycles. The zero-order valence-electron chi connectivity index (χ0n) is 12.4. The Balaban J connectivity index is 0. The number of hydrogen-bond acceptors (Lipinski definition) is 6. The Morgan fingerprint density at radius 1 is 1.42 bits per heavy atom. The van der Waals surface area contributed by atoms with Crippen LogP contribution in [0.3, 0.4) is 0 Å². The third-order valence-corrected chi connectivity index (χ3v) is 5.22. The molecule has 0 radical (unpaired) electrons. The Morgan fingerprint density at radius 3 is 2.37 bits per heavy atom. The molecular weight excluding hydrogens is 282 g/mol. The lowest BCUT2D eigenvalue weighted by molar-refractivity contribution is -0.137. The minimum absolute atomic E-state index is 0.340. The van der Waals surface area contributed by atoms with E-state index in [4.69, 9.17) is 23.4 Å². The summed E-state index contributed by atoms with van der Waals surface area (Å²) in [6.07, 6.45) is 2.09. The highest BCUT2D eigenvalue weighted by atomic mass is 28.4. The van der Waals surface area contributed by atoms with E-state index in [0.717, 1.165) is 19.1 Å². The molecule has 19 heavy (non-hydrogen) atoms. The Labute approximate surface area is 119 Å². The van der Waals surface area contributed by atoms with Crippen LogP contribution < -0.4 is 5.40 Å². The van der Waals surface area contributed by atoms with Crippen LogP contribution in [0.15, 0.2) is 12.7 Å². The zero-order chi connectivity index (χ0) is 15.1. The number of hydrogen-bond donors (Lipinski definition) is 1. The van der Waals surface area contributed by atoms with Crippen molar-refractivity contribution in [2.75, 3.05) is 27.4 Å². The monoisotopic (exact) mass is 309 g/mol. The summed E-state index contributed by atoms with van der Waals surface area (Å²) >= 11 is 0. The van der Waals surface area contributed by atoms with Gasteiger partial charge in [-0.1, -0.05) is 6.58 Å². The fourth-order valence-corrected chi connectivity index (χ4v) is 1.83. The Hall–Kier alpha value is -0.516. The van der Waals surface area contributed by atoms with E-state index in [9.17, 15) is 4.79 Å². The van der Waals surface area contributed by atoms with Crippen LogP contribution >= 0.6 is 0 Å². The first-order valence-electron chi connectivity index (χ1n) is 6.19. The van der Waals surface area contributed by atoms with Gasteiger partial charge in [-0.2, -0.15) is 0 Å². The van der Waals surface area contributed by atoms with Crippen LogP contribution in [-0.4, -0.2) is 51.9 Å². The van der Waals surface area contributed by atoms with Crippen molar-refractivity contribution in [3.63, 3.8) is 0 Å². The largest absolute Gasteiger partial charge is 0.463 e. The molecule has 0 aliphatic heterocycles. The van der Waals surface area contributed by atoms with Gasteiger partial charge < -0.3 is 23.4 Å². The van der Waals surface area contributed by atoms with Gasteiger partial charge >= 0.3 is 14.7 Å². The van der Waals surface area contributed by atoms with Gasteiger partial charge in [0.25, 0.3) is 0 Å². The Bertz CT molecular complexity index is 233. The van der Waals surface area contributed by atoms with Crippen molar-refractivity contribution in [2.24, 2.45) is 5.40 Å². The second-order valence-corrected chi connectivity index (χ2v) is 8.07. The summed E-state index contributed by atoms with van der Waals surface area (Å²) in [7, 11) is 0.594. The second kappa shape index (κ2) is 13.9. The van der Waals surface area contributed by atoms with E-state index in [1.54, 1.807) is 20.8 Å². The van der Waals surface area contributed by atoms with E-state index >= 15 is 0 Å². The third kappa shape index (κ3) is 17.5. The van der Waals surface area contributed by atoms with Gasteiger partial charge in [0.05, 0.1) is 6.61 Å². The van der Waals surface area contributed by atoms with Crippen molar-refractivity contribution in [3.05, 3.63) is 12.7 Å². The van der Waals surface area contributed by atoms with Crippen molar-refractivity contribution in [2.45, 2.75) is 25.9 Å². The number of carbonyl (C=O) groups excluding carboxylic acids is 1. The molecule has 0 bridgehead atoms. The van der Waals surface area contributed by atoms with Crippen molar-refractivity contribution >= 4 is 24.5 Å². The predicted molar refractivity (Wildman–Crippen MR) is 80.6 cm³/mol. The quantitative estimate of drug-likeness (QED) is 0.288. The molecule has 0 aliphatic rings. The molecule has 0 aromatic rings. The molecule has 0 amide bonds. The summed E-state index contributed by atoms with van der Waals surface area (Å²) in [6.45, 7) is 8.36. The van der Waals surface area contributed by atoms with Gasteiger partial charge in [-0.3, -0.25) is 0 Å². The number of ether oxygens (including phenoxy) is 1. The van der Waals surface area contributed by atoms with Gasteiger partial charge in [-0.25, -0.2) is 4.79 Å². The second-order valence-electron chi connectivity index (χ2n) is 3.70. The van der Waals surface area contributed by atoms with Crippen LogP contribution in [0.4, 0.5) is 0 Å². The smallest absolute Gasteiger partial charge is 0.418 e. The van der Waals surface area contributed by atoms with Crippen LogP contribution in [0.25, 0.3) is 0 Å². The standard InChI is InChI=1S/C8H16O3Si.C3H11NO2Si/c1-3-8(9)10-6-5-7-12-11-4-2;1-5-7(3,4)6-2/h3H,1,4-7,12H2,2H3;4H2,1-3H3. The van der Waals surface area contributed by atoms with Crippen LogP contribution in [0.2, 0.25) is 12.6 Å². The maximum Gasteiger partial charge on any atom is 0.418 e. The molecule has 0 aromatic carbocycles. The molecule has 0 heterocycles. The SMILES string of the molecule is C=CC(=O)OCCC[SiH2]OCC.CO[Si](C)(N)OC. The van der Waals surface area contributed by atoms with Crippen LogP contribution in [-0.2, 0) is 22.8 Å². The van der Waals surface area contributed by atoms with E-state index < -0.39 is 8.72 Å². The topological polar surface area (TPSA) is 80.0 Å². The molecule has 0 fully saturated rings. The first-order valence-corrected chi connectivity index (χ1v) is 10.2. The highest BCUT2D eigenvalue weighted by molar-refractivity contribution is 6.62. The molecule has 0 rings (SSSR count). The summed E-state index contributed by atoms with van der Waals surface area (Å²) in [6, 6.07) is 1.07. The van der Waals surface area contributed by atoms with Crippen LogP contribution in [0.5, 0.6) is 0 Å². The lowest BCUT2D eigenvalue weighted by Gasteiger charge is -2.14. The van der Waals surface area contributed by atoms with E-state index in [1.807, 2.05) is 6.92 Å². The maximum atomic E-state index is 10.5. The van der Waals surface area contributed by atoms with Gasteiger partial charge in [-0.15, -0.1) is 0 Å². The molecule has 114 valence electrons. The maximum absolute atomic E-state index is 10.5. The minimum atomic E-state index is -2.15. The van der Waals surface area contributed by atoms with Gasteiger partial charge in [0.2, 0.25) is 0 Å². The van der Waals surface area contributed by atoms with Crippen LogP contribution in [0.1, 0.15) is 13.3 Å². The predicted octanol–water partition coefficient (Wildman–Crippen LogP) is 0.451. The van der Waals surface area contributed by atoms with E-state index in [0.29, 0.717) is 6.61 Å². The molecule has 2 N–H and O–H groups in total. The molecule has 0 aromatic heterocycles. The third-order valence-electron chi connectivity index (χ3n) is 2.11. The molecule has 0 aliphatic carbocycles. The van der Waals surface area contributed by atoms with Crippen molar-refractivity contribution in [3.8, 4) is 0 Å². The van der Waals surface area contributed by atoms with Crippen molar-refractivity contribution < 1.29 is 22.8 Å². The molecule has 0 unspecified atom stereocenters. The molecule has 0 spiro atoms. The minimum Gasteiger partial charge on any atom is -0.463 e. The molecule has 6 nitrogen and oxygen atoms in total. The fourth-order valence-electron chi connectivity index (χ4n) is 0.766. The van der Waals surface area contributed by atoms with E-state index in [1.165, 1.54) is 6.08 Å². The van der Waals surface area contributed by atoms with Crippen LogP contribution in [0, 0.1) is 0 Å². The summed E-state index contributed by atoms with van der Waals surface area (Å²) < 4.78 is 19.6. The summed E-state index contributed by atoms with van der Waals surface area (Å²) in [4.78, 5) is 10.5. The molecule has 0 atom stereocenters. The summed E-state index contributed by atoms with van der Waals surface area (Å²) in [5.74, 6) is -0.340. The Kier molecular flexibility index (Phi) is 15.2.